The van der Waals surface area contributed by atoms with Crippen LogP contribution in [0.15, 0.2) is 60.8 Å². The first-order chi connectivity index (χ1) is 16.7. The monoisotopic (exact) mass is 472 g/mol. The molecule has 0 unspecified atom stereocenters. The van der Waals surface area contributed by atoms with Crippen LogP contribution in [0.4, 0.5) is 8.78 Å². The van der Waals surface area contributed by atoms with Crippen LogP contribution >= 0.6 is 0 Å². The first-order valence-electron chi connectivity index (χ1n) is 11.0. The number of fused-ring (bicyclic) bond motifs is 2. The quantitative estimate of drug-likeness (QED) is 0.289. The molecule has 0 aliphatic heterocycles. The molecular formula is C27H22F2N4O2. The second kappa shape index (κ2) is 8.31. The number of nitrogens with one attached hydrogen (secondary N) is 1. The summed E-state index contributed by atoms with van der Waals surface area (Å²) in [5, 5.41) is 37.3. The molecule has 0 bridgehead atoms. The summed E-state index contributed by atoms with van der Waals surface area (Å²) in [4.78, 5) is 0. The molecule has 5 rings (SSSR count). The Morgan fingerprint density at radius 2 is 1.83 bits per heavy atom. The molecule has 3 aromatic carbocycles. The Hall–Kier alpha value is -4.06. The molecule has 6 nitrogen and oxygen atoms in total. The number of benzene rings is 3. The Morgan fingerprint density at radius 3 is 2.49 bits per heavy atom. The first-order valence-corrected chi connectivity index (χ1v) is 11.0. The third kappa shape index (κ3) is 3.75. The van der Waals surface area contributed by atoms with Crippen molar-refractivity contribution < 1.29 is 19.0 Å². The maximum Gasteiger partial charge on any atom is 0.178 e. The highest BCUT2D eigenvalue weighted by molar-refractivity contribution is 6.06. The van der Waals surface area contributed by atoms with E-state index in [4.69, 9.17) is 0 Å². The van der Waals surface area contributed by atoms with Crippen molar-refractivity contribution in [2.24, 2.45) is 0 Å². The smallest absolute Gasteiger partial charge is 0.178 e. The SMILES string of the molecule is CC(C)(CC#N)c1c(-c2ccc(C(O)O)cc2F)c2cc3[nH]ncc3cc2n1-c1ccc(F)cc1. The highest BCUT2D eigenvalue weighted by Crippen LogP contribution is 2.45. The number of aromatic nitrogens is 3. The lowest BCUT2D eigenvalue weighted by Crippen LogP contribution is -2.22. The predicted octanol–water partition coefficient (Wildman–Crippen LogP) is 5.63. The average Bonchev–Trinajstić information content (AvgIpc) is 3.40. The largest absolute Gasteiger partial charge is 0.364 e. The molecule has 176 valence electrons. The van der Waals surface area contributed by atoms with Gasteiger partial charge in [-0.1, -0.05) is 26.0 Å². The van der Waals surface area contributed by atoms with Crippen LogP contribution in [-0.2, 0) is 5.41 Å². The zero-order valence-electron chi connectivity index (χ0n) is 19.0. The number of nitriles is 1. The molecule has 0 saturated carbocycles. The fraction of sp³-hybridized carbons (Fsp3) is 0.185. The fourth-order valence-corrected chi connectivity index (χ4v) is 4.67. The number of hydrogen-bond acceptors (Lipinski definition) is 4. The summed E-state index contributed by atoms with van der Waals surface area (Å²) in [7, 11) is 0. The molecule has 2 heterocycles. The van der Waals surface area contributed by atoms with Gasteiger partial charge in [0, 0.05) is 50.7 Å². The van der Waals surface area contributed by atoms with Crippen molar-refractivity contribution in [3.05, 3.63) is 83.7 Å². The molecule has 3 N–H and O–H groups in total. The Labute approximate surface area is 199 Å². The van der Waals surface area contributed by atoms with E-state index in [1.54, 1.807) is 18.3 Å². The van der Waals surface area contributed by atoms with E-state index in [1.807, 2.05) is 30.5 Å². The number of nitrogens with zero attached hydrogens (tertiary/aromatic N) is 3. The highest BCUT2D eigenvalue weighted by atomic mass is 19.1. The number of hydrogen-bond donors (Lipinski definition) is 3. The zero-order chi connectivity index (χ0) is 24.9. The van der Waals surface area contributed by atoms with Crippen molar-refractivity contribution in [2.75, 3.05) is 0 Å². The lowest BCUT2D eigenvalue weighted by molar-refractivity contribution is -0.0426. The van der Waals surface area contributed by atoms with Crippen molar-refractivity contribution in [1.82, 2.24) is 14.8 Å². The van der Waals surface area contributed by atoms with Crippen molar-refractivity contribution in [1.29, 1.82) is 5.26 Å². The predicted molar refractivity (Wildman–Crippen MR) is 129 cm³/mol. The highest BCUT2D eigenvalue weighted by Gasteiger charge is 2.33. The molecule has 0 fully saturated rings. The van der Waals surface area contributed by atoms with Crippen LogP contribution in [0.2, 0.25) is 0 Å². The molecule has 0 aliphatic carbocycles. The van der Waals surface area contributed by atoms with E-state index in [0.717, 1.165) is 22.5 Å². The summed E-state index contributed by atoms with van der Waals surface area (Å²) >= 11 is 0. The number of aliphatic hydroxyl groups is 2. The van der Waals surface area contributed by atoms with Gasteiger partial charge in [0.15, 0.2) is 6.29 Å². The minimum atomic E-state index is -1.81. The van der Waals surface area contributed by atoms with Crippen molar-refractivity contribution in [2.45, 2.75) is 32.0 Å². The van der Waals surface area contributed by atoms with Gasteiger partial charge in [0.25, 0.3) is 0 Å². The third-order valence-electron chi connectivity index (χ3n) is 6.33. The molecular weight excluding hydrogens is 450 g/mol. The molecule has 8 heteroatoms. The average molecular weight is 472 g/mol. The van der Waals surface area contributed by atoms with Crippen LogP contribution in [0.25, 0.3) is 38.6 Å². The van der Waals surface area contributed by atoms with Crippen molar-refractivity contribution >= 4 is 21.8 Å². The van der Waals surface area contributed by atoms with E-state index in [-0.39, 0.29) is 23.4 Å². The maximum atomic E-state index is 15.5. The van der Waals surface area contributed by atoms with E-state index in [9.17, 15) is 19.9 Å². The van der Waals surface area contributed by atoms with Crippen LogP contribution in [0.5, 0.6) is 0 Å². The minimum absolute atomic E-state index is 0.0299. The molecule has 2 aromatic heterocycles. The van der Waals surface area contributed by atoms with Gasteiger partial charge in [0.05, 0.1) is 23.3 Å². The molecule has 0 spiro atoms. The Balaban J connectivity index is 1.97. The summed E-state index contributed by atoms with van der Waals surface area (Å²) in [6.45, 7) is 3.82. The van der Waals surface area contributed by atoms with E-state index in [1.165, 1.54) is 24.3 Å². The molecule has 0 radical (unpaired) electrons. The van der Waals surface area contributed by atoms with E-state index in [2.05, 4.69) is 16.3 Å². The maximum absolute atomic E-state index is 15.5. The normalized spacial score (nSPS) is 12.1. The third-order valence-corrected chi connectivity index (χ3v) is 6.33. The van der Waals surface area contributed by atoms with E-state index in [0.29, 0.717) is 22.3 Å². The lowest BCUT2D eigenvalue weighted by Gasteiger charge is -2.27. The van der Waals surface area contributed by atoms with Crippen LogP contribution in [-0.4, -0.2) is 25.0 Å². The summed E-state index contributed by atoms with van der Waals surface area (Å²) in [5.74, 6) is -1.02. The Morgan fingerprint density at radius 1 is 1.09 bits per heavy atom. The number of aliphatic hydroxyl groups excluding tert-OH is 1. The summed E-state index contributed by atoms with van der Waals surface area (Å²) in [6.07, 6.45) is 0.0267. The molecule has 35 heavy (non-hydrogen) atoms. The zero-order valence-corrected chi connectivity index (χ0v) is 19.0. The van der Waals surface area contributed by atoms with Gasteiger partial charge >= 0.3 is 0 Å². The Bertz CT molecular complexity index is 1610. The second-order valence-corrected chi connectivity index (χ2v) is 9.19. The van der Waals surface area contributed by atoms with Crippen molar-refractivity contribution in [3.63, 3.8) is 0 Å². The van der Waals surface area contributed by atoms with Gasteiger partial charge in [-0.15, -0.1) is 0 Å². The lowest BCUT2D eigenvalue weighted by atomic mass is 9.81. The van der Waals surface area contributed by atoms with Gasteiger partial charge in [0.1, 0.15) is 11.6 Å². The molecule has 0 atom stereocenters. The molecule has 0 amide bonds. The molecule has 0 saturated heterocycles. The summed E-state index contributed by atoms with van der Waals surface area (Å²) in [6, 6.07) is 16.1. The van der Waals surface area contributed by atoms with Gasteiger partial charge in [-0.25, -0.2) is 8.78 Å². The molecule has 5 aromatic rings. The topological polar surface area (TPSA) is 97.9 Å². The number of aromatic amines is 1. The van der Waals surface area contributed by atoms with Gasteiger partial charge < -0.3 is 14.8 Å². The summed E-state index contributed by atoms with van der Waals surface area (Å²) in [5.41, 5.74) is 2.95. The van der Waals surface area contributed by atoms with E-state index >= 15 is 4.39 Å². The standard InChI is InChI=1S/C27H22F2N4O2/c1-27(2,9-10-30)25-24(19-8-3-15(26(34)35)11-21(19)29)20-13-22-16(14-31-32-22)12-23(20)33(25)18-6-4-17(28)5-7-18/h3-8,11-14,26,34-35H,9H2,1-2H3,(H,31,32). The molecule has 0 aliphatic rings. The first kappa shape index (κ1) is 22.7. The van der Waals surface area contributed by atoms with Crippen LogP contribution in [0.3, 0.4) is 0 Å². The van der Waals surface area contributed by atoms with Crippen LogP contribution < -0.4 is 0 Å². The number of H-pyrrole nitrogens is 1. The van der Waals surface area contributed by atoms with Gasteiger partial charge in [0.2, 0.25) is 0 Å². The van der Waals surface area contributed by atoms with Gasteiger partial charge in [-0.05, 0) is 42.5 Å². The number of halogens is 2. The van der Waals surface area contributed by atoms with Crippen LogP contribution in [0.1, 0.15) is 37.8 Å². The van der Waals surface area contributed by atoms with Crippen LogP contribution in [0, 0.1) is 23.0 Å². The van der Waals surface area contributed by atoms with Gasteiger partial charge in [-0.3, -0.25) is 5.10 Å². The van der Waals surface area contributed by atoms with Crippen molar-refractivity contribution in [3.8, 4) is 22.9 Å². The second-order valence-electron chi connectivity index (χ2n) is 9.19. The number of rotatable bonds is 5. The minimum Gasteiger partial charge on any atom is -0.364 e. The summed E-state index contributed by atoms with van der Waals surface area (Å²) < 4.78 is 31.3. The Kier molecular flexibility index (Phi) is 5.39. The van der Waals surface area contributed by atoms with E-state index < -0.39 is 17.5 Å². The van der Waals surface area contributed by atoms with Gasteiger partial charge in [-0.2, -0.15) is 10.4 Å². The fourth-order valence-electron chi connectivity index (χ4n) is 4.67.